The van der Waals surface area contributed by atoms with Crippen LogP contribution in [0.25, 0.3) is 0 Å². The Morgan fingerprint density at radius 2 is 2.17 bits per heavy atom. The van der Waals surface area contributed by atoms with Crippen LogP contribution in [0.1, 0.15) is 45.7 Å². The summed E-state index contributed by atoms with van der Waals surface area (Å²) < 4.78 is 0. The van der Waals surface area contributed by atoms with Gasteiger partial charge in [0.05, 0.1) is 0 Å². The first-order valence-electron chi connectivity index (χ1n) is 6.96. The van der Waals surface area contributed by atoms with Crippen LogP contribution in [0, 0.1) is 0 Å². The molecule has 1 fully saturated rings. The number of nitrogens with zero attached hydrogens (tertiary/aromatic N) is 2. The maximum absolute atomic E-state index is 4.11. The average molecular weight is 247 g/mol. The number of hydrogen-bond donors (Lipinski definition) is 1. The van der Waals surface area contributed by atoms with Gasteiger partial charge in [0.15, 0.2) is 0 Å². The Hall–Kier alpha value is -0.930. The van der Waals surface area contributed by atoms with E-state index in [1.54, 1.807) is 0 Å². The maximum Gasteiger partial charge on any atom is 0.0325 e. The molecule has 1 aliphatic rings. The van der Waals surface area contributed by atoms with E-state index in [1.807, 2.05) is 12.4 Å². The van der Waals surface area contributed by atoms with Crippen molar-refractivity contribution in [2.75, 3.05) is 13.1 Å². The second-order valence-electron chi connectivity index (χ2n) is 5.77. The minimum absolute atomic E-state index is 0.244. The molecule has 0 bridgehead atoms. The molecule has 2 rings (SSSR count). The number of pyridine rings is 1. The summed E-state index contributed by atoms with van der Waals surface area (Å²) in [6.45, 7) is 11.4. The molecule has 0 spiro atoms. The van der Waals surface area contributed by atoms with E-state index in [9.17, 15) is 0 Å². The van der Waals surface area contributed by atoms with Gasteiger partial charge in [0.2, 0.25) is 0 Å². The summed E-state index contributed by atoms with van der Waals surface area (Å²) in [5.74, 6) is 0. The van der Waals surface area contributed by atoms with Crippen molar-refractivity contribution in [1.29, 1.82) is 0 Å². The molecular weight excluding hydrogens is 222 g/mol. The molecule has 0 aliphatic carbocycles. The van der Waals surface area contributed by atoms with E-state index in [4.69, 9.17) is 0 Å². The van der Waals surface area contributed by atoms with E-state index in [2.05, 4.69) is 55.0 Å². The van der Waals surface area contributed by atoms with Crippen LogP contribution < -0.4 is 5.32 Å². The van der Waals surface area contributed by atoms with Crippen LogP contribution in [-0.2, 0) is 0 Å². The van der Waals surface area contributed by atoms with Gasteiger partial charge in [-0.3, -0.25) is 9.88 Å². The van der Waals surface area contributed by atoms with Gasteiger partial charge in [-0.1, -0.05) is 6.92 Å². The second kappa shape index (κ2) is 5.37. The minimum Gasteiger partial charge on any atom is -0.309 e. The fourth-order valence-electron chi connectivity index (χ4n) is 2.71. The van der Waals surface area contributed by atoms with Gasteiger partial charge in [-0.15, -0.1) is 0 Å². The number of hydrogen-bond acceptors (Lipinski definition) is 3. The van der Waals surface area contributed by atoms with Crippen molar-refractivity contribution >= 4 is 0 Å². The lowest BCUT2D eigenvalue weighted by Crippen LogP contribution is -2.62. The van der Waals surface area contributed by atoms with Gasteiger partial charge in [-0.05, 0) is 44.9 Å². The van der Waals surface area contributed by atoms with Crippen molar-refractivity contribution < 1.29 is 0 Å². The molecule has 1 saturated heterocycles. The van der Waals surface area contributed by atoms with Gasteiger partial charge in [0, 0.05) is 43.1 Å². The molecule has 1 N–H and O–H groups in total. The van der Waals surface area contributed by atoms with Gasteiger partial charge in [0.1, 0.15) is 0 Å². The van der Waals surface area contributed by atoms with Crippen LogP contribution in [-0.4, -0.2) is 34.6 Å². The Bertz CT molecular complexity index is 379. The zero-order valence-corrected chi connectivity index (χ0v) is 12.0. The summed E-state index contributed by atoms with van der Waals surface area (Å²) in [5, 5.41) is 3.68. The van der Waals surface area contributed by atoms with Crippen molar-refractivity contribution in [1.82, 2.24) is 15.2 Å². The summed E-state index contributed by atoms with van der Waals surface area (Å²) in [4.78, 5) is 6.71. The first kappa shape index (κ1) is 13.5. The topological polar surface area (TPSA) is 28.2 Å². The molecular formula is C15H25N3. The second-order valence-corrected chi connectivity index (χ2v) is 5.77. The molecule has 0 amide bonds. The van der Waals surface area contributed by atoms with Crippen molar-refractivity contribution in [3.8, 4) is 0 Å². The largest absolute Gasteiger partial charge is 0.309 e. The smallest absolute Gasteiger partial charge is 0.0325 e. The monoisotopic (exact) mass is 247 g/mol. The Morgan fingerprint density at radius 3 is 2.78 bits per heavy atom. The van der Waals surface area contributed by atoms with Crippen LogP contribution in [0.3, 0.4) is 0 Å². The molecule has 3 atom stereocenters. The zero-order chi connectivity index (χ0) is 13.2. The molecule has 100 valence electrons. The van der Waals surface area contributed by atoms with Crippen molar-refractivity contribution in [3.05, 3.63) is 30.1 Å². The first-order chi connectivity index (χ1) is 8.56. The van der Waals surface area contributed by atoms with Crippen LogP contribution in [0.15, 0.2) is 24.5 Å². The van der Waals surface area contributed by atoms with E-state index >= 15 is 0 Å². The van der Waals surface area contributed by atoms with Crippen molar-refractivity contribution in [2.45, 2.75) is 51.7 Å². The van der Waals surface area contributed by atoms with Gasteiger partial charge in [-0.25, -0.2) is 0 Å². The molecule has 0 radical (unpaired) electrons. The maximum atomic E-state index is 4.11. The molecule has 2 heterocycles. The number of nitrogens with one attached hydrogen (secondary N) is 1. The highest BCUT2D eigenvalue weighted by Gasteiger charge is 2.35. The van der Waals surface area contributed by atoms with E-state index < -0.39 is 0 Å². The van der Waals surface area contributed by atoms with E-state index in [-0.39, 0.29) is 5.54 Å². The highest BCUT2D eigenvalue weighted by molar-refractivity contribution is 5.15. The molecule has 1 aromatic heterocycles. The number of rotatable bonds is 3. The lowest BCUT2D eigenvalue weighted by Gasteiger charge is -2.47. The first-order valence-corrected chi connectivity index (χ1v) is 6.96. The van der Waals surface area contributed by atoms with E-state index in [1.165, 1.54) is 12.0 Å². The third kappa shape index (κ3) is 2.73. The predicted octanol–water partition coefficient (Wildman–Crippen LogP) is 2.61. The SMILES string of the molecule is CCC1(C)CN(C(C)c2ccncc2)C(C)CN1. The zero-order valence-electron chi connectivity index (χ0n) is 12.0. The van der Waals surface area contributed by atoms with Crippen LogP contribution in [0.2, 0.25) is 0 Å². The molecule has 0 aromatic carbocycles. The van der Waals surface area contributed by atoms with Crippen LogP contribution in [0.5, 0.6) is 0 Å². The van der Waals surface area contributed by atoms with Gasteiger partial charge in [-0.2, -0.15) is 0 Å². The summed E-state index contributed by atoms with van der Waals surface area (Å²) in [5.41, 5.74) is 1.60. The quantitative estimate of drug-likeness (QED) is 0.890. The normalized spacial score (nSPS) is 31.2. The van der Waals surface area contributed by atoms with E-state index in [0.29, 0.717) is 12.1 Å². The number of aromatic nitrogens is 1. The summed E-state index contributed by atoms with van der Waals surface area (Å²) in [7, 11) is 0. The Balaban J connectivity index is 2.15. The molecule has 0 saturated carbocycles. The molecule has 3 heteroatoms. The van der Waals surface area contributed by atoms with Gasteiger partial charge in [0.25, 0.3) is 0 Å². The molecule has 18 heavy (non-hydrogen) atoms. The Kier molecular flexibility index (Phi) is 4.03. The molecule has 3 nitrogen and oxygen atoms in total. The predicted molar refractivity (Wildman–Crippen MR) is 75.5 cm³/mol. The number of piperazine rings is 1. The Morgan fingerprint density at radius 1 is 1.50 bits per heavy atom. The summed E-state index contributed by atoms with van der Waals surface area (Å²) >= 11 is 0. The average Bonchev–Trinajstić information content (AvgIpc) is 2.42. The molecule has 3 unspecified atom stereocenters. The lowest BCUT2D eigenvalue weighted by molar-refractivity contribution is 0.0596. The van der Waals surface area contributed by atoms with Crippen molar-refractivity contribution in [3.63, 3.8) is 0 Å². The fraction of sp³-hybridized carbons (Fsp3) is 0.667. The Labute approximate surface area is 111 Å². The lowest BCUT2D eigenvalue weighted by atomic mass is 9.92. The van der Waals surface area contributed by atoms with Crippen LogP contribution >= 0.6 is 0 Å². The summed E-state index contributed by atoms with van der Waals surface area (Å²) in [6, 6.07) is 5.29. The highest BCUT2D eigenvalue weighted by Crippen LogP contribution is 2.28. The standard InChI is InChI=1S/C15H25N3/c1-5-15(4)11-18(12(2)10-17-15)13(3)14-6-8-16-9-7-14/h6-9,12-13,17H,5,10-11H2,1-4H3. The minimum atomic E-state index is 0.244. The van der Waals surface area contributed by atoms with E-state index in [0.717, 1.165) is 13.1 Å². The van der Waals surface area contributed by atoms with Gasteiger partial charge >= 0.3 is 0 Å². The van der Waals surface area contributed by atoms with Crippen LogP contribution in [0.4, 0.5) is 0 Å². The highest BCUT2D eigenvalue weighted by atomic mass is 15.3. The molecule has 1 aliphatic heterocycles. The molecule has 1 aromatic rings. The van der Waals surface area contributed by atoms with Crippen molar-refractivity contribution in [2.24, 2.45) is 0 Å². The van der Waals surface area contributed by atoms with Gasteiger partial charge < -0.3 is 5.32 Å². The third-order valence-electron chi connectivity index (χ3n) is 4.39. The third-order valence-corrected chi connectivity index (χ3v) is 4.39. The summed E-state index contributed by atoms with van der Waals surface area (Å²) in [6.07, 6.45) is 4.94. The fourth-order valence-corrected chi connectivity index (χ4v) is 2.71.